The highest BCUT2D eigenvalue weighted by atomic mass is 16.1. The molecule has 9 heavy (non-hydrogen) atoms. The number of carbonyl (C=O) groups is 1. The van der Waals surface area contributed by atoms with Crippen molar-refractivity contribution in [1.29, 1.82) is 0 Å². The fourth-order valence-electron chi connectivity index (χ4n) is 0.839. The molecule has 0 aliphatic carbocycles. The Hall–Kier alpha value is -0.370. The largest absolute Gasteiger partial charge is 0.311 e. The first-order valence-corrected chi connectivity index (χ1v) is 3.46. The van der Waals surface area contributed by atoms with Crippen LogP contribution in [0.15, 0.2) is 0 Å². The molecular formula is C7H15NO. The minimum atomic E-state index is 0.0787. The molecule has 0 aromatic heterocycles. The van der Waals surface area contributed by atoms with E-state index in [1.165, 1.54) is 0 Å². The molecule has 0 radical (unpaired) electrons. The molecule has 0 saturated heterocycles. The topological polar surface area (TPSA) is 29.1 Å². The first kappa shape index (κ1) is 8.63. The van der Waals surface area contributed by atoms with Crippen LogP contribution in [0, 0.1) is 0 Å². The van der Waals surface area contributed by atoms with Crippen LogP contribution in [0.4, 0.5) is 0 Å². The molecule has 2 heteroatoms. The summed E-state index contributed by atoms with van der Waals surface area (Å²) in [6.07, 6.45) is 1.53. The highest BCUT2D eigenvalue weighted by Gasteiger charge is 2.09. The normalized spacial score (nSPS) is 13.2. The molecule has 0 aromatic rings. The standard InChI is InChI=1S/C7H15NO/c1-4-6(8-3)7(9)5-2/h6,8H,4-5H2,1-3H3/t6-/m1/s1. The molecule has 0 spiro atoms. The molecule has 0 rings (SSSR count). The van der Waals surface area contributed by atoms with Gasteiger partial charge in [-0.25, -0.2) is 0 Å². The van der Waals surface area contributed by atoms with Crippen molar-refractivity contribution in [3.8, 4) is 0 Å². The Labute approximate surface area is 56.6 Å². The van der Waals surface area contributed by atoms with E-state index in [0.29, 0.717) is 12.2 Å². The van der Waals surface area contributed by atoms with Crippen LogP contribution in [0.5, 0.6) is 0 Å². The fraction of sp³-hybridized carbons (Fsp3) is 0.857. The molecule has 0 saturated carbocycles. The van der Waals surface area contributed by atoms with Gasteiger partial charge in [-0.2, -0.15) is 0 Å². The Kier molecular flexibility index (Phi) is 4.32. The number of hydrogen-bond acceptors (Lipinski definition) is 2. The van der Waals surface area contributed by atoms with Crippen molar-refractivity contribution in [2.24, 2.45) is 0 Å². The predicted octanol–water partition coefficient (Wildman–Crippen LogP) is 0.964. The van der Waals surface area contributed by atoms with Gasteiger partial charge in [0.2, 0.25) is 0 Å². The first-order valence-electron chi connectivity index (χ1n) is 3.46. The molecule has 54 valence electrons. The summed E-state index contributed by atoms with van der Waals surface area (Å²) in [5.74, 6) is 0.306. The van der Waals surface area contributed by atoms with E-state index in [2.05, 4.69) is 5.32 Å². The van der Waals surface area contributed by atoms with Crippen LogP contribution in [-0.2, 0) is 4.79 Å². The summed E-state index contributed by atoms with van der Waals surface area (Å²) < 4.78 is 0. The van der Waals surface area contributed by atoms with Crippen molar-refractivity contribution in [3.05, 3.63) is 0 Å². The molecule has 0 heterocycles. The van der Waals surface area contributed by atoms with Gasteiger partial charge >= 0.3 is 0 Å². The molecular weight excluding hydrogens is 114 g/mol. The third-order valence-electron chi connectivity index (χ3n) is 1.49. The monoisotopic (exact) mass is 129 g/mol. The van der Waals surface area contributed by atoms with Gasteiger partial charge in [-0.15, -0.1) is 0 Å². The summed E-state index contributed by atoms with van der Waals surface area (Å²) in [5, 5.41) is 2.95. The number of carbonyl (C=O) groups excluding carboxylic acids is 1. The second-order valence-electron chi connectivity index (χ2n) is 2.07. The second-order valence-corrected chi connectivity index (χ2v) is 2.07. The third kappa shape index (κ3) is 2.61. The Bertz CT molecular complexity index is 86.9. The number of ketones is 1. The zero-order valence-corrected chi connectivity index (χ0v) is 6.40. The quantitative estimate of drug-likeness (QED) is 0.612. The lowest BCUT2D eigenvalue weighted by Crippen LogP contribution is -2.32. The van der Waals surface area contributed by atoms with Gasteiger partial charge in [0.05, 0.1) is 6.04 Å². The van der Waals surface area contributed by atoms with Gasteiger partial charge in [-0.3, -0.25) is 4.79 Å². The lowest BCUT2D eigenvalue weighted by atomic mass is 10.1. The zero-order chi connectivity index (χ0) is 7.28. The summed E-state index contributed by atoms with van der Waals surface area (Å²) >= 11 is 0. The Morgan fingerprint density at radius 1 is 1.56 bits per heavy atom. The fourth-order valence-corrected chi connectivity index (χ4v) is 0.839. The van der Waals surface area contributed by atoms with E-state index < -0.39 is 0 Å². The average molecular weight is 129 g/mol. The SMILES string of the molecule is CCC(=O)[C@@H](CC)NC. The van der Waals surface area contributed by atoms with E-state index in [0.717, 1.165) is 6.42 Å². The molecule has 1 N–H and O–H groups in total. The molecule has 0 unspecified atom stereocenters. The maximum absolute atomic E-state index is 10.9. The molecule has 0 aliphatic rings. The predicted molar refractivity (Wildman–Crippen MR) is 38.4 cm³/mol. The second kappa shape index (κ2) is 4.50. The zero-order valence-electron chi connectivity index (χ0n) is 6.40. The Balaban J connectivity index is 3.64. The summed E-state index contributed by atoms with van der Waals surface area (Å²) in [5.41, 5.74) is 0. The van der Waals surface area contributed by atoms with Gasteiger partial charge in [0.15, 0.2) is 0 Å². The maximum Gasteiger partial charge on any atom is 0.149 e. The molecule has 0 fully saturated rings. The van der Waals surface area contributed by atoms with Gasteiger partial charge in [0.25, 0.3) is 0 Å². The van der Waals surface area contributed by atoms with E-state index in [4.69, 9.17) is 0 Å². The van der Waals surface area contributed by atoms with Crippen molar-refractivity contribution >= 4 is 5.78 Å². The molecule has 0 aromatic carbocycles. The highest BCUT2D eigenvalue weighted by molar-refractivity contribution is 5.83. The maximum atomic E-state index is 10.9. The van der Waals surface area contributed by atoms with Gasteiger partial charge in [0, 0.05) is 6.42 Å². The van der Waals surface area contributed by atoms with E-state index in [1.807, 2.05) is 20.9 Å². The Morgan fingerprint density at radius 3 is 2.22 bits per heavy atom. The lowest BCUT2D eigenvalue weighted by Gasteiger charge is -2.09. The summed E-state index contributed by atoms with van der Waals surface area (Å²) in [6, 6.07) is 0.0787. The highest BCUT2D eigenvalue weighted by Crippen LogP contribution is 1.94. The third-order valence-corrected chi connectivity index (χ3v) is 1.49. The summed E-state index contributed by atoms with van der Waals surface area (Å²) in [7, 11) is 1.82. The number of nitrogens with one attached hydrogen (secondary N) is 1. The van der Waals surface area contributed by atoms with Crippen LogP contribution < -0.4 is 5.32 Å². The number of rotatable bonds is 4. The van der Waals surface area contributed by atoms with Crippen LogP contribution >= 0.6 is 0 Å². The molecule has 0 aliphatic heterocycles. The number of likely N-dealkylation sites (N-methyl/N-ethyl adjacent to an activating group) is 1. The van der Waals surface area contributed by atoms with E-state index in [1.54, 1.807) is 0 Å². The van der Waals surface area contributed by atoms with Gasteiger partial charge in [-0.1, -0.05) is 13.8 Å². The van der Waals surface area contributed by atoms with Crippen molar-refractivity contribution in [2.75, 3.05) is 7.05 Å². The van der Waals surface area contributed by atoms with Crippen molar-refractivity contribution in [1.82, 2.24) is 5.32 Å². The lowest BCUT2D eigenvalue weighted by molar-refractivity contribution is -0.120. The van der Waals surface area contributed by atoms with Crippen LogP contribution in [-0.4, -0.2) is 18.9 Å². The van der Waals surface area contributed by atoms with E-state index >= 15 is 0 Å². The van der Waals surface area contributed by atoms with Crippen molar-refractivity contribution < 1.29 is 4.79 Å². The van der Waals surface area contributed by atoms with Crippen molar-refractivity contribution in [2.45, 2.75) is 32.7 Å². The Morgan fingerprint density at radius 2 is 2.11 bits per heavy atom. The summed E-state index contributed by atoms with van der Waals surface area (Å²) in [6.45, 7) is 3.90. The van der Waals surface area contributed by atoms with Crippen LogP contribution in [0.3, 0.4) is 0 Å². The average Bonchev–Trinajstić information content (AvgIpc) is 1.90. The minimum absolute atomic E-state index is 0.0787. The number of hydrogen-bond donors (Lipinski definition) is 1. The number of Topliss-reactive ketones (excluding diaryl/α,β-unsaturated/α-hetero) is 1. The first-order chi connectivity index (χ1) is 4.26. The van der Waals surface area contributed by atoms with Gasteiger partial charge < -0.3 is 5.32 Å². The minimum Gasteiger partial charge on any atom is -0.311 e. The van der Waals surface area contributed by atoms with Crippen LogP contribution in [0.2, 0.25) is 0 Å². The van der Waals surface area contributed by atoms with E-state index in [9.17, 15) is 4.79 Å². The summed E-state index contributed by atoms with van der Waals surface area (Å²) in [4.78, 5) is 10.9. The molecule has 2 nitrogen and oxygen atoms in total. The smallest absolute Gasteiger partial charge is 0.149 e. The van der Waals surface area contributed by atoms with Crippen molar-refractivity contribution in [3.63, 3.8) is 0 Å². The molecule has 1 atom stereocenters. The van der Waals surface area contributed by atoms with E-state index in [-0.39, 0.29) is 6.04 Å². The van der Waals surface area contributed by atoms with Gasteiger partial charge in [0.1, 0.15) is 5.78 Å². The van der Waals surface area contributed by atoms with Crippen LogP contribution in [0.1, 0.15) is 26.7 Å². The molecule has 0 bridgehead atoms. The van der Waals surface area contributed by atoms with Gasteiger partial charge in [-0.05, 0) is 13.5 Å². The van der Waals surface area contributed by atoms with Crippen LogP contribution in [0.25, 0.3) is 0 Å². The molecule has 0 amide bonds.